The van der Waals surface area contributed by atoms with Gasteiger partial charge in [-0.1, -0.05) is 0 Å². The summed E-state index contributed by atoms with van der Waals surface area (Å²) in [5, 5.41) is 3.28. The van der Waals surface area contributed by atoms with E-state index in [0.717, 1.165) is 0 Å². The van der Waals surface area contributed by atoms with E-state index in [1.54, 1.807) is 49.6 Å². The Kier molecular flexibility index (Phi) is 4.20. The molecule has 0 saturated carbocycles. The van der Waals surface area contributed by atoms with E-state index in [0.29, 0.717) is 28.2 Å². The predicted octanol–water partition coefficient (Wildman–Crippen LogP) is 3.06. The molecule has 122 valence electrons. The van der Waals surface area contributed by atoms with Gasteiger partial charge in [0.05, 0.1) is 19.8 Å². The molecule has 0 bridgehead atoms. The SMILES string of the molecule is COc1ccc(NC(=O)c2cc(=O)oc3cc(OC)ccc23)cc1. The molecule has 24 heavy (non-hydrogen) atoms. The zero-order chi connectivity index (χ0) is 17.1. The number of hydrogen-bond acceptors (Lipinski definition) is 5. The van der Waals surface area contributed by atoms with E-state index in [4.69, 9.17) is 13.9 Å². The van der Waals surface area contributed by atoms with Crippen LogP contribution in [0.3, 0.4) is 0 Å². The zero-order valence-electron chi connectivity index (χ0n) is 13.2. The van der Waals surface area contributed by atoms with Crippen molar-refractivity contribution in [2.75, 3.05) is 19.5 Å². The molecule has 0 spiro atoms. The third-order valence-electron chi connectivity index (χ3n) is 3.54. The van der Waals surface area contributed by atoms with Gasteiger partial charge in [0.1, 0.15) is 17.1 Å². The Hall–Kier alpha value is -3.28. The zero-order valence-corrected chi connectivity index (χ0v) is 13.2. The molecule has 0 unspecified atom stereocenters. The molecule has 0 radical (unpaired) electrons. The smallest absolute Gasteiger partial charge is 0.337 e. The lowest BCUT2D eigenvalue weighted by molar-refractivity contribution is 0.102. The molecule has 0 saturated heterocycles. The quantitative estimate of drug-likeness (QED) is 0.746. The minimum absolute atomic E-state index is 0.236. The predicted molar refractivity (Wildman–Crippen MR) is 90.0 cm³/mol. The van der Waals surface area contributed by atoms with E-state index in [-0.39, 0.29) is 5.56 Å². The molecule has 0 aliphatic rings. The van der Waals surface area contributed by atoms with Crippen LogP contribution in [0.25, 0.3) is 11.0 Å². The van der Waals surface area contributed by atoms with E-state index in [1.807, 2.05) is 0 Å². The highest BCUT2D eigenvalue weighted by Gasteiger charge is 2.14. The fourth-order valence-corrected chi connectivity index (χ4v) is 2.33. The molecular weight excluding hydrogens is 310 g/mol. The van der Waals surface area contributed by atoms with Crippen molar-refractivity contribution in [1.29, 1.82) is 0 Å². The molecule has 0 aliphatic heterocycles. The number of methoxy groups -OCH3 is 2. The van der Waals surface area contributed by atoms with Crippen LogP contribution in [-0.2, 0) is 0 Å². The molecule has 3 aromatic rings. The molecule has 1 heterocycles. The third kappa shape index (κ3) is 3.08. The van der Waals surface area contributed by atoms with Gasteiger partial charge < -0.3 is 19.2 Å². The average Bonchev–Trinajstić information content (AvgIpc) is 2.61. The first-order chi connectivity index (χ1) is 11.6. The largest absolute Gasteiger partial charge is 0.497 e. The number of benzene rings is 2. The van der Waals surface area contributed by atoms with Gasteiger partial charge in [0.2, 0.25) is 0 Å². The van der Waals surface area contributed by atoms with Crippen molar-refractivity contribution < 1.29 is 18.7 Å². The molecule has 2 aromatic carbocycles. The van der Waals surface area contributed by atoms with E-state index < -0.39 is 11.5 Å². The van der Waals surface area contributed by atoms with Gasteiger partial charge >= 0.3 is 5.63 Å². The van der Waals surface area contributed by atoms with Gasteiger partial charge in [-0.15, -0.1) is 0 Å². The van der Waals surface area contributed by atoms with Crippen molar-refractivity contribution in [1.82, 2.24) is 0 Å². The van der Waals surface area contributed by atoms with Crippen molar-refractivity contribution >= 4 is 22.6 Å². The van der Waals surface area contributed by atoms with Gasteiger partial charge in [0.25, 0.3) is 5.91 Å². The van der Waals surface area contributed by atoms with E-state index >= 15 is 0 Å². The number of ether oxygens (including phenoxy) is 2. The maximum absolute atomic E-state index is 12.5. The van der Waals surface area contributed by atoms with Gasteiger partial charge in [0, 0.05) is 23.2 Å². The van der Waals surface area contributed by atoms with Gasteiger partial charge in [-0.2, -0.15) is 0 Å². The lowest BCUT2D eigenvalue weighted by atomic mass is 10.1. The molecule has 0 aliphatic carbocycles. The Morgan fingerprint density at radius 1 is 0.958 bits per heavy atom. The first kappa shape index (κ1) is 15.6. The standard InChI is InChI=1S/C18H15NO5/c1-22-12-5-3-11(4-6-12)19-18(21)15-10-17(20)24-16-9-13(23-2)7-8-14(15)16/h3-10H,1-2H3,(H,19,21). The summed E-state index contributed by atoms with van der Waals surface area (Å²) in [5.74, 6) is 0.826. The summed E-state index contributed by atoms with van der Waals surface area (Å²) in [7, 11) is 3.08. The first-order valence-corrected chi connectivity index (χ1v) is 7.18. The molecule has 1 amide bonds. The summed E-state index contributed by atoms with van der Waals surface area (Å²) >= 11 is 0. The Balaban J connectivity index is 1.97. The second kappa shape index (κ2) is 6.45. The molecule has 6 nitrogen and oxygen atoms in total. The monoisotopic (exact) mass is 325 g/mol. The highest BCUT2D eigenvalue weighted by Crippen LogP contribution is 2.23. The van der Waals surface area contributed by atoms with Gasteiger partial charge in [0.15, 0.2) is 0 Å². The highest BCUT2D eigenvalue weighted by atomic mass is 16.5. The van der Waals surface area contributed by atoms with E-state index in [1.165, 1.54) is 13.2 Å². The summed E-state index contributed by atoms with van der Waals surface area (Å²) in [5.41, 5.74) is 0.521. The second-order valence-electron chi connectivity index (χ2n) is 5.02. The minimum atomic E-state index is -0.601. The maximum atomic E-state index is 12.5. The molecule has 0 atom stereocenters. The van der Waals surface area contributed by atoms with E-state index in [9.17, 15) is 9.59 Å². The molecule has 6 heteroatoms. The fraction of sp³-hybridized carbons (Fsp3) is 0.111. The molecule has 3 rings (SSSR count). The Bertz CT molecular complexity index is 944. The number of rotatable bonds is 4. The van der Waals surface area contributed by atoms with Crippen LogP contribution >= 0.6 is 0 Å². The van der Waals surface area contributed by atoms with Crippen molar-refractivity contribution in [2.24, 2.45) is 0 Å². The lowest BCUT2D eigenvalue weighted by Gasteiger charge is -2.09. The van der Waals surface area contributed by atoms with Crippen LogP contribution in [0.15, 0.2) is 57.7 Å². The number of carbonyl (C=O) groups is 1. The van der Waals surface area contributed by atoms with Crippen LogP contribution in [0.5, 0.6) is 11.5 Å². The van der Waals surface area contributed by atoms with Crippen LogP contribution in [-0.4, -0.2) is 20.1 Å². The van der Waals surface area contributed by atoms with Crippen LogP contribution in [0, 0.1) is 0 Å². The van der Waals surface area contributed by atoms with Gasteiger partial charge in [-0.3, -0.25) is 4.79 Å². The molecule has 1 aromatic heterocycles. The number of anilines is 1. The number of nitrogens with one attached hydrogen (secondary N) is 1. The van der Waals surface area contributed by atoms with Crippen LogP contribution in [0.2, 0.25) is 0 Å². The number of hydrogen-bond donors (Lipinski definition) is 1. The van der Waals surface area contributed by atoms with Crippen molar-refractivity contribution in [3.05, 3.63) is 64.5 Å². The van der Waals surface area contributed by atoms with Crippen molar-refractivity contribution in [3.8, 4) is 11.5 Å². The molecular formula is C18H15NO5. The summed E-state index contributed by atoms with van der Waals surface area (Å²) in [6, 6.07) is 13.0. The average molecular weight is 325 g/mol. The van der Waals surface area contributed by atoms with Crippen molar-refractivity contribution in [3.63, 3.8) is 0 Å². The summed E-state index contributed by atoms with van der Waals surface area (Å²) in [6.07, 6.45) is 0. The first-order valence-electron chi connectivity index (χ1n) is 7.18. The second-order valence-corrected chi connectivity index (χ2v) is 5.02. The highest BCUT2D eigenvalue weighted by molar-refractivity contribution is 6.12. The third-order valence-corrected chi connectivity index (χ3v) is 3.54. The molecule has 1 N–H and O–H groups in total. The Morgan fingerprint density at radius 2 is 1.62 bits per heavy atom. The topological polar surface area (TPSA) is 77.8 Å². The number of amides is 1. The number of carbonyl (C=O) groups excluding carboxylic acids is 1. The lowest BCUT2D eigenvalue weighted by Crippen LogP contribution is -2.15. The molecule has 0 fully saturated rings. The summed E-state index contributed by atoms with van der Waals surface area (Å²) in [6.45, 7) is 0. The van der Waals surface area contributed by atoms with Crippen molar-refractivity contribution in [2.45, 2.75) is 0 Å². The number of fused-ring (bicyclic) bond motifs is 1. The summed E-state index contributed by atoms with van der Waals surface area (Å²) < 4.78 is 15.3. The summed E-state index contributed by atoms with van der Waals surface area (Å²) in [4.78, 5) is 24.3. The van der Waals surface area contributed by atoms with E-state index in [2.05, 4.69) is 5.32 Å². The van der Waals surface area contributed by atoms with Gasteiger partial charge in [-0.05, 0) is 36.4 Å². The van der Waals surface area contributed by atoms with Crippen LogP contribution in [0.4, 0.5) is 5.69 Å². The Labute approximate surface area is 137 Å². The normalized spacial score (nSPS) is 10.4. The maximum Gasteiger partial charge on any atom is 0.337 e. The van der Waals surface area contributed by atoms with Gasteiger partial charge in [-0.25, -0.2) is 4.79 Å². The Morgan fingerprint density at radius 3 is 2.29 bits per heavy atom. The fourth-order valence-electron chi connectivity index (χ4n) is 2.33. The van der Waals surface area contributed by atoms with Crippen LogP contribution in [0.1, 0.15) is 10.4 Å². The van der Waals surface area contributed by atoms with Crippen LogP contribution < -0.4 is 20.4 Å². The minimum Gasteiger partial charge on any atom is -0.497 e.